The molecule has 1 aliphatic carbocycles. The van der Waals surface area contributed by atoms with Crippen molar-refractivity contribution in [1.29, 1.82) is 0 Å². The minimum absolute atomic E-state index is 0.00172. The van der Waals surface area contributed by atoms with Gasteiger partial charge in [-0.25, -0.2) is 4.79 Å². The van der Waals surface area contributed by atoms with Crippen molar-refractivity contribution in [1.82, 2.24) is 16.0 Å². The van der Waals surface area contributed by atoms with Crippen molar-refractivity contribution in [2.45, 2.75) is 51.1 Å². The van der Waals surface area contributed by atoms with Gasteiger partial charge in [-0.3, -0.25) is 9.59 Å². The van der Waals surface area contributed by atoms with Gasteiger partial charge in [0.15, 0.2) is 0 Å². The molecule has 2 rings (SSSR count). The lowest BCUT2D eigenvalue weighted by atomic mass is 9.96. The van der Waals surface area contributed by atoms with Crippen LogP contribution in [0.2, 0.25) is 0 Å². The molecule has 0 radical (unpaired) electrons. The van der Waals surface area contributed by atoms with E-state index in [1.165, 1.54) is 0 Å². The molecule has 7 heteroatoms. The summed E-state index contributed by atoms with van der Waals surface area (Å²) in [5.74, 6) is -1.29. The number of carbonyl (C=O) groups is 3. The Balaban J connectivity index is 1.88. The highest BCUT2D eigenvalue weighted by atomic mass is 16.4. The topological polar surface area (TPSA) is 108 Å². The molecule has 0 aromatic heterocycles. The predicted molar refractivity (Wildman–Crippen MR) is 97.4 cm³/mol. The first-order chi connectivity index (χ1) is 12.4. The zero-order valence-corrected chi connectivity index (χ0v) is 15.1. The van der Waals surface area contributed by atoms with Crippen molar-refractivity contribution in [2.24, 2.45) is 5.92 Å². The van der Waals surface area contributed by atoms with E-state index in [9.17, 15) is 14.4 Å². The minimum atomic E-state index is -0.913. The third kappa shape index (κ3) is 5.75. The Morgan fingerprint density at radius 2 is 1.77 bits per heavy atom. The molecule has 1 aromatic rings. The van der Waals surface area contributed by atoms with Crippen LogP contribution >= 0.6 is 0 Å². The summed E-state index contributed by atoms with van der Waals surface area (Å²) >= 11 is 0. The molecule has 1 saturated carbocycles. The van der Waals surface area contributed by atoms with Gasteiger partial charge in [0.1, 0.15) is 5.54 Å². The summed E-state index contributed by atoms with van der Waals surface area (Å²) in [6.07, 6.45) is 2.92. The summed E-state index contributed by atoms with van der Waals surface area (Å²) < 4.78 is 0. The van der Waals surface area contributed by atoms with Gasteiger partial charge in [0.05, 0.1) is 0 Å². The number of benzene rings is 1. The van der Waals surface area contributed by atoms with Crippen molar-refractivity contribution >= 4 is 17.9 Å². The second kappa shape index (κ2) is 9.22. The Hall–Kier alpha value is -2.57. The third-order valence-electron chi connectivity index (χ3n) is 4.67. The lowest BCUT2D eigenvalue weighted by Gasteiger charge is -2.29. The van der Waals surface area contributed by atoms with Crippen LogP contribution in [0.4, 0.5) is 4.79 Å². The molecule has 26 heavy (non-hydrogen) atoms. The number of urea groups is 1. The van der Waals surface area contributed by atoms with Gasteiger partial charge in [0.25, 0.3) is 0 Å². The highest BCUT2D eigenvalue weighted by molar-refractivity contribution is 5.91. The SMILES string of the molecule is CC(CNC(=O)C1(NC(=O)NCc2ccccc2)CCCC1)CC(=O)O. The fourth-order valence-corrected chi connectivity index (χ4v) is 3.23. The molecule has 1 aliphatic rings. The number of carboxylic acids is 1. The van der Waals surface area contributed by atoms with Crippen LogP contribution in [0.1, 0.15) is 44.6 Å². The monoisotopic (exact) mass is 361 g/mol. The lowest BCUT2D eigenvalue weighted by molar-refractivity contribution is -0.138. The number of amides is 3. The lowest BCUT2D eigenvalue weighted by Crippen LogP contribution is -2.59. The standard InChI is InChI=1S/C19H27N3O4/c1-14(11-16(23)24)12-20-17(25)19(9-5-6-10-19)22-18(26)21-13-15-7-3-2-4-8-15/h2-4,7-8,14H,5-6,9-13H2,1H3,(H,20,25)(H,23,24)(H2,21,22,26). The Bertz CT molecular complexity index is 627. The molecule has 1 aromatic carbocycles. The molecule has 0 spiro atoms. The van der Waals surface area contributed by atoms with Gasteiger partial charge < -0.3 is 21.1 Å². The molecule has 0 saturated heterocycles. The van der Waals surface area contributed by atoms with Gasteiger partial charge in [-0.1, -0.05) is 50.1 Å². The largest absolute Gasteiger partial charge is 0.481 e. The minimum Gasteiger partial charge on any atom is -0.481 e. The Morgan fingerprint density at radius 1 is 1.12 bits per heavy atom. The van der Waals surface area contributed by atoms with Crippen LogP contribution in [-0.2, 0) is 16.1 Å². The number of rotatable bonds is 8. The van der Waals surface area contributed by atoms with Gasteiger partial charge >= 0.3 is 12.0 Å². The van der Waals surface area contributed by atoms with E-state index in [-0.39, 0.29) is 30.8 Å². The normalized spacial score (nSPS) is 16.5. The maximum atomic E-state index is 12.7. The number of hydrogen-bond donors (Lipinski definition) is 4. The van der Waals surface area contributed by atoms with E-state index in [1.807, 2.05) is 30.3 Å². The Kier molecular flexibility index (Phi) is 7.00. The van der Waals surface area contributed by atoms with Crippen LogP contribution in [0.3, 0.4) is 0 Å². The number of aliphatic carboxylic acids is 1. The van der Waals surface area contributed by atoms with E-state index in [0.717, 1.165) is 18.4 Å². The fraction of sp³-hybridized carbons (Fsp3) is 0.526. The van der Waals surface area contributed by atoms with Crippen LogP contribution in [0.25, 0.3) is 0 Å². The molecule has 1 unspecified atom stereocenters. The van der Waals surface area contributed by atoms with Crippen LogP contribution in [0, 0.1) is 5.92 Å². The second-order valence-corrected chi connectivity index (χ2v) is 7.00. The summed E-state index contributed by atoms with van der Waals surface area (Å²) in [7, 11) is 0. The average Bonchev–Trinajstić information content (AvgIpc) is 3.08. The quantitative estimate of drug-likeness (QED) is 0.568. The first-order valence-corrected chi connectivity index (χ1v) is 9.01. The summed E-state index contributed by atoms with van der Waals surface area (Å²) in [5.41, 5.74) is 0.0686. The van der Waals surface area contributed by atoms with Crippen molar-refractivity contribution in [2.75, 3.05) is 6.54 Å². The predicted octanol–water partition coefficient (Wildman–Crippen LogP) is 2.03. The first kappa shape index (κ1) is 19.8. The summed E-state index contributed by atoms with van der Waals surface area (Å²) in [5, 5.41) is 17.2. The molecule has 7 nitrogen and oxygen atoms in total. The van der Waals surface area contributed by atoms with Crippen LogP contribution < -0.4 is 16.0 Å². The van der Waals surface area contributed by atoms with Crippen molar-refractivity contribution < 1.29 is 19.5 Å². The maximum absolute atomic E-state index is 12.7. The molecule has 4 N–H and O–H groups in total. The summed E-state index contributed by atoms with van der Waals surface area (Å²) in [4.78, 5) is 35.7. The summed E-state index contributed by atoms with van der Waals surface area (Å²) in [6.45, 7) is 2.44. The molecular formula is C19H27N3O4. The van der Waals surface area contributed by atoms with E-state index in [4.69, 9.17) is 5.11 Å². The van der Waals surface area contributed by atoms with Gasteiger partial charge in [-0.15, -0.1) is 0 Å². The molecular weight excluding hydrogens is 334 g/mol. The van der Waals surface area contributed by atoms with Gasteiger partial charge in [0, 0.05) is 19.5 Å². The zero-order valence-electron chi connectivity index (χ0n) is 15.1. The molecule has 0 aliphatic heterocycles. The van der Waals surface area contributed by atoms with Gasteiger partial charge in [0.2, 0.25) is 5.91 Å². The average molecular weight is 361 g/mol. The van der Waals surface area contributed by atoms with E-state index < -0.39 is 11.5 Å². The van der Waals surface area contributed by atoms with Gasteiger partial charge in [-0.2, -0.15) is 0 Å². The molecule has 1 atom stereocenters. The Morgan fingerprint density at radius 3 is 2.38 bits per heavy atom. The maximum Gasteiger partial charge on any atom is 0.315 e. The smallest absolute Gasteiger partial charge is 0.315 e. The van der Waals surface area contributed by atoms with Gasteiger partial charge in [-0.05, 0) is 24.3 Å². The molecule has 142 valence electrons. The highest BCUT2D eigenvalue weighted by Gasteiger charge is 2.42. The van der Waals surface area contributed by atoms with E-state index >= 15 is 0 Å². The number of nitrogens with one attached hydrogen (secondary N) is 3. The number of carbonyl (C=O) groups excluding carboxylic acids is 2. The molecule has 0 bridgehead atoms. The summed E-state index contributed by atoms with van der Waals surface area (Å²) in [6, 6.07) is 9.18. The molecule has 3 amide bonds. The van der Waals surface area contributed by atoms with Crippen LogP contribution in [-0.4, -0.2) is 35.1 Å². The van der Waals surface area contributed by atoms with Crippen molar-refractivity contribution in [3.05, 3.63) is 35.9 Å². The van der Waals surface area contributed by atoms with E-state index in [1.54, 1.807) is 6.92 Å². The second-order valence-electron chi connectivity index (χ2n) is 7.00. The van der Waals surface area contributed by atoms with Crippen LogP contribution in [0.5, 0.6) is 0 Å². The third-order valence-corrected chi connectivity index (χ3v) is 4.67. The van der Waals surface area contributed by atoms with Crippen molar-refractivity contribution in [3.8, 4) is 0 Å². The first-order valence-electron chi connectivity index (χ1n) is 9.01. The number of carboxylic acid groups (broad SMARTS) is 1. The van der Waals surface area contributed by atoms with E-state index in [2.05, 4.69) is 16.0 Å². The fourth-order valence-electron chi connectivity index (χ4n) is 3.23. The van der Waals surface area contributed by atoms with E-state index in [0.29, 0.717) is 19.4 Å². The van der Waals surface area contributed by atoms with Crippen LogP contribution in [0.15, 0.2) is 30.3 Å². The molecule has 1 fully saturated rings. The zero-order chi connectivity index (χ0) is 19.0. The Labute approximate surface area is 153 Å². The van der Waals surface area contributed by atoms with Crippen molar-refractivity contribution in [3.63, 3.8) is 0 Å². The number of hydrogen-bond acceptors (Lipinski definition) is 3. The molecule has 0 heterocycles. The highest BCUT2D eigenvalue weighted by Crippen LogP contribution is 2.30.